The molecule has 0 bridgehead atoms. The molecule has 1 saturated heterocycles. The average molecular weight is 418 g/mol. The van der Waals surface area contributed by atoms with Crippen LogP contribution < -0.4 is 4.74 Å². The molecule has 5 nitrogen and oxygen atoms in total. The van der Waals surface area contributed by atoms with Crippen LogP contribution in [-0.4, -0.2) is 36.1 Å². The van der Waals surface area contributed by atoms with E-state index in [2.05, 4.69) is 23.2 Å². The first kappa shape index (κ1) is 18.8. The molecule has 1 aliphatic carbocycles. The molecule has 0 unspecified atom stereocenters. The number of aromatic nitrogens is 2. The van der Waals surface area contributed by atoms with Crippen LogP contribution in [0.4, 0.5) is 4.39 Å². The third-order valence-corrected chi connectivity index (χ3v) is 6.51. The van der Waals surface area contributed by atoms with E-state index in [-0.39, 0.29) is 11.6 Å². The van der Waals surface area contributed by atoms with E-state index in [0.717, 1.165) is 40.8 Å². The lowest BCUT2D eigenvalue weighted by molar-refractivity contribution is -0.164. The highest BCUT2D eigenvalue weighted by molar-refractivity contribution is 6.10. The number of para-hydroxylation sites is 1. The van der Waals surface area contributed by atoms with Crippen molar-refractivity contribution in [3.05, 3.63) is 70.8 Å². The van der Waals surface area contributed by atoms with Gasteiger partial charge in [-0.05, 0) is 35.7 Å². The van der Waals surface area contributed by atoms with Gasteiger partial charge in [0.1, 0.15) is 0 Å². The second kappa shape index (κ2) is 7.04. The molecule has 0 radical (unpaired) electrons. The molecule has 0 saturated carbocycles. The molecule has 158 valence electrons. The molecule has 6 heteroatoms. The standard InChI is InChI=1S/C25H23FN2O3/c1-29-22-7-6-15(12-18(22)26)13-20-24-23(16-4-2-3-5-19(16)28-24)17-8-9-25(14-21(17)27-20)30-10-11-31-25/h2-7,12,28H,8-11,13-14H2,1H3. The summed E-state index contributed by atoms with van der Waals surface area (Å²) in [6.45, 7) is 1.26. The predicted molar refractivity (Wildman–Crippen MR) is 116 cm³/mol. The zero-order chi connectivity index (χ0) is 21.0. The van der Waals surface area contributed by atoms with Crippen LogP contribution in [0.25, 0.3) is 21.8 Å². The van der Waals surface area contributed by atoms with Crippen LogP contribution in [0.15, 0.2) is 42.5 Å². The molecule has 0 atom stereocenters. The maximum atomic E-state index is 14.3. The van der Waals surface area contributed by atoms with Gasteiger partial charge in [0.15, 0.2) is 17.4 Å². The number of rotatable bonds is 3. The smallest absolute Gasteiger partial charge is 0.174 e. The number of H-pyrrole nitrogens is 1. The quantitative estimate of drug-likeness (QED) is 0.525. The summed E-state index contributed by atoms with van der Waals surface area (Å²) in [7, 11) is 1.47. The van der Waals surface area contributed by atoms with E-state index in [4.69, 9.17) is 19.2 Å². The molecule has 1 fully saturated rings. The van der Waals surface area contributed by atoms with Crippen molar-refractivity contribution in [2.75, 3.05) is 20.3 Å². The van der Waals surface area contributed by atoms with Gasteiger partial charge in [0, 0.05) is 35.6 Å². The number of benzene rings is 2. The zero-order valence-electron chi connectivity index (χ0n) is 17.3. The second-order valence-electron chi connectivity index (χ2n) is 8.33. The van der Waals surface area contributed by atoms with Crippen molar-refractivity contribution in [3.8, 4) is 5.75 Å². The Labute approximate surface area is 179 Å². The number of methoxy groups -OCH3 is 1. The van der Waals surface area contributed by atoms with Gasteiger partial charge in [-0.2, -0.15) is 0 Å². The maximum Gasteiger partial charge on any atom is 0.174 e. The van der Waals surface area contributed by atoms with E-state index in [0.29, 0.717) is 26.1 Å². The number of nitrogens with one attached hydrogen (secondary N) is 1. The molecule has 4 aromatic rings. The van der Waals surface area contributed by atoms with Gasteiger partial charge in [-0.25, -0.2) is 4.39 Å². The van der Waals surface area contributed by atoms with Crippen LogP contribution in [0.1, 0.15) is 28.9 Å². The molecule has 1 spiro atoms. The van der Waals surface area contributed by atoms with Crippen molar-refractivity contribution in [3.63, 3.8) is 0 Å². The lowest BCUT2D eigenvalue weighted by Gasteiger charge is -2.32. The summed E-state index contributed by atoms with van der Waals surface area (Å²) in [5, 5.41) is 2.42. The van der Waals surface area contributed by atoms with Gasteiger partial charge in [-0.15, -0.1) is 0 Å². The Bertz CT molecular complexity index is 1310. The van der Waals surface area contributed by atoms with Gasteiger partial charge in [0.2, 0.25) is 0 Å². The van der Waals surface area contributed by atoms with Crippen LogP contribution in [0.2, 0.25) is 0 Å². The Morgan fingerprint density at radius 1 is 1.16 bits per heavy atom. The van der Waals surface area contributed by atoms with E-state index in [1.165, 1.54) is 29.5 Å². The number of hydrogen-bond acceptors (Lipinski definition) is 4. The summed E-state index contributed by atoms with van der Waals surface area (Å²) >= 11 is 0. The van der Waals surface area contributed by atoms with E-state index >= 15 is 0 Å². The number of ether oxygens (including phenoxy) is 3. The van der Waals surface area contributed by atoms with Crippen molar-refractivity contribution in [2.45, 2.75) is 31.5 Å². The van der Waals surface area contributed by atoms with E-state index in [9.17, 15) is 4.39 Å². The molecular weight excluding hydrogens is 395 g/mol. The summed E-state index contributed by atoms with van der Waals surface area (Å²) in [6, 6.07) is 13.4. The van der Waals surface area contributed by atoms with Crippen molar-refractivity contribution in [1.82, 2.24) is 9.97 Å². The lowest BCUT2D eigenvalue weighted by atomic mass is 9.87. The molecular formula is C25H23FN2O3. The van der Waals surface area contributed by atoms with E-state index in [1.54, 1.807) is 6.07 Å². The first-order valence-electron chi connectivity index (χ1n) is 10.7. The number of fused-ring (bicyclic) bond motifs is 5. The molecule has 1 aliphatic heterocycles. The number of halogens is 1. The van der Waals surface area contributed by atoms with E-state index < -0.39 is 5.79 Å². The summed E-state index contributed by atoms with van der Waals surface area (Å²) < 4.78 is 31.4. The molecule has 2 aromatic heterocycles. The number of nitrogens with zero attached hydrogens (tertiary/aromatic N) is 1. The molecule has 0 amide bonds. The molecule has 3 heterocycles. The molecule has 2 aliphatic rings. The molecule has 31 heavy (non-hydrogen) atoms. The Morgan fingerprint density at radius 2 is 2.00 bits per heavy atom. The molecule has 1 N–H and O–H groups in total. The SMILES string of the molecule is COc1ccc(Cc2nc3c(c4c2[nH]c2ccccc24)CCC2(C3)OCCO2)cc1F. The van der Waals surface area contributed by atoms with Crippen LogP contribution in [-0.2, 0) is 28.7 Å². The second-order valence-corrected chi connectivity index (χ2v) is 8.33. The first-order chi connectivity index (χ1) is 15.2. The van der Waals surface area contributed by atoms with Crippen LogP contribution in [0.3, 0.4) is 0 Å². The highest BCUT2D eigenvalue weighted by atomic mass is 19.1. The topological polar surface area (TPSA) is 56.4 Å². The third kappa shape index (κ3) is 3.01. The number of hydrogen-bond donors (Lipinski definition) is 1. The van der Waals surface area contributed by atoms with Gasteiger partial charge in [-0.1, -0.05) is 24.3 Å². The maximum absolute atomic E-state index is 14.3. The fraction of sp³-hybridized carbons (Fsp3) is 0.320. The largest absolute Gasteiger partial charge is 0.494 e. The number of aromatic amines is 1. The Hall–Kier alpha value is -2.96. The van der Waals surface area contributed by atoms with Crippen LogP contribution in [0.5, 0.6) is 5.75 Å². The van der Waals surface area contributed by atoms with Gasteiger partial charge in [0.05, 0.1) is 37.2 Å². The Morgan fingerprint density at radius 3 is 2.81 bits per heavy atom. The van der Waals surface area contributed by atoms with Crippen LogP contribution >= 0.6 is 0 Å². The normalized spacial score (nSPS) is 17.5. The minimum Gasteiger partial charge on any atom is -0.494 e. The van der Waals surface area contributed by atoms with Crippen molar-refractivity contribution < 1.29 is 18.6 Å². The highest BCUT2D eigenvalue weighted by Crippen LogP contribution is 2.40. The highest BCUT2D eigenvalue weighted by Gasteiger charge is 2.41. The summed E-state index contributed by atoms with van der Waals surface area (Å²) in [5.41, 5.74) is 6.16. The predicted octanol–water partition coefficient (Wildman–Crippen LogP) is 4.69. The average Bonchev–Trinajstić information content (AvgIpc) is 3.39. The fourth-order valence-corrected chi connectivity index (χ4v) is 5.06. The van der Waals surface area contributed by atoms with Crippen molar-refractivity contribution >= 4 is 21.8 Å². The zero-order valence-corrected chi connectivity index (χ0v) is 17.3. The molecule has 6 rings (SSSR count). The van der Waals surface area contributed by atoms with E-state index in [1.807, 2.05) is 12.1 Å². The van der Waals surface area contributed by atoms with Crippen molar-refractivity contribution in [1.29, 1.82) is 0 Å². The lowest BCUT2D eigenvalue weighted by Crippen LogP contribution is -2.37. The summed E-state index contributed by atoms with van der Waals surface area (Å²) in [6.07, 6.45) is 2.85. The van der Waals surface area contributed by atoms with Gasteiger partial charge in [0.25, 0.3) is 0 Å². The van der Waals surface area contributed by atoms with Gasteiger partial charge in [-0.3, -0.25) is 4.98 Å². The molecule has 2 aromatic carbocycles. The summed E-state index contributed by atoms with van der Waals surface area (Å²) in [4.78, 5) is 8.65. The minimum absolute atomic E-state index is 0.246. The minimum atomic E-state index is -0.552. The van der Waals surface area contributed by atoms with Crippen molar-refractivity contribution in [2.24, 2.45) is 0 Å². The first-order valence-corrected chi connectivity index (χ1v) is 10.7. The number of pyridine rings is 1. The van der Waals surface area contributed by atoms with Gasteiger partial charge < -0.3 is 19.2 Å². The fourth-order valence-electron chi connectivity index (χ4n) is 5.06. The summed E-state index contributed by atoms with van der Waals surface area (Å²) in [5.74, 6) is -0.670. The third-order valence-electron chi connectivity index (χ3n) is 6.51. The Balaban J connectivity index is 1.53. The monoisotopic (exact) mass is 418 g/mol. The van der Waals surface area contributed by atoms with Gasteiger partial charge >= 0.3 is 0 Å². The van der Waals surface area contributed by atoms with Crippen LogP contribution in [0, 0.1) is 5.82 Å². The Kier molecular flexibility index (Phi) is 4.26. The number of aryl methyl sites for hydroxylation is 1.